The van der Waals surface area contributed by atoms with Crippen molar-refractivity contribution in [3.05, 3.63) is 35.4 Å². The highest BCUT2D eigenvalue weighted by molar-refractivity contribution is 7.98. The molecule has 0 unspecified atom stereocenters. The minimum absolute atomic E-state index is 0.137. The molecule has 3 aromatic rings. The SMILES string of the molecule is COC(=O)Cc1cccc(Cn2c(O)nc3c(N)nc(OCCSC)nc32)c1. The van der Waals surface area contributed by atoms with Gasteiger partial charge >= 0.3 is 12.0 Å². The Hall–Kier alpha value is -3.01. The van der Waals surface area contributed by atoms with Gasteiger partial charge in [0.15, 0.2) is 17.0 Å². The van der Waals surface area contributed by atoms with E-state index in [0.717, 1.165) is 16.9 Å². The zero-order valence-corrected chi connectivity index (χ0v) is 16.4. The summed E-state index contributed by atoms with van der Waals surface area (Å²) in [5, 5.41) is 10.3. The number of esters is 1. The number of carbonyl (C=O) groups is 1. The second-order valence-corrected chi connectivity index (χ2v) is 6.96. The first-order chi connectivity index (χ1) is 13.5. The number of thioether (sulfide) groups is 1. The number of benzene rings is 1. The number of carbonyl (C=O) groups excluding carboxylic acids is 1. The summed E-state index contributed by atoms with van der Waals surface area (Å²) in [5.41, 5.74) is 8.31. The van der Waals surface area contributed by atoms with Gasteiger partial charge in [0.05, 0.1) is 20.1 Å². The number of nitrogen functional groups attached to an aromatic ring is 1. The molecule has 9 nitrogen and oxygen atoms in total. The summed E-state index contributed by atoms with van der Waals surface area (Å²) in [6, 6.07) is 7.33. The van der Waals surface area contributed by atoms with Gasteiger partial charge in [-0.25, -0.2) is 0 Å². The average Bonchev–Trinajstić information content (AvgIpc) is 2.98. The molecule has 3 N–H and O–H groups in total. The number of nitrogens with zero attached hydrogens (tertiary/aromatic N) is 4. The topological polar surface area (TPSA) is 125 Å². The zero-order chi connectivity index (χ0) is 20.1. The molecule has 0 atom stereocenters. The number of aromatic hydroxyl groups is 1. The minimum Gasteiger partial charge on any atom is -0.480 e. The van der Waals surface area contributed by atoms with Crippen LogP contribution >= 0.6 is 11.8 Å². The fraction of sp³-hybridized carbons (Fsp3) is 0.333. The summed E-state index contributed by atoms with van der Waals surface area (Å²) in [4.78, 5) is 24.0. The van der Waals surface area contributed by atoms with Crippen molar-refractivity contribution < 1.29 is 19.4 Å². The molecule has 0 aliphatic heterocycles. The molecule has 0 saturated heterocycles. The number of hydrogen-bond donors (Lipinski definition) is 2. The summed E-state index contributed by atoms with van der Waals surface area (Å²) in [6.45, 7) is 0.736. The molecular weight excluding hydrogens is 382 g/mol. The smallest absolute Gasteiger partial charge is 0.320 e. The van der Waals surface area contributed by atoms with Crippen LogP contribution in [0.5, 0.6) is 12.0 Å². The van der Waals surface area contributed by atoms with E-state index in [9.17, 15) is 9.90 Å². The van der Waals surface area contributed by atoms with Gasteiger partial charge in [0.2, 0.25) is 0 Å². The van der Waals surface area contributed by atoms with E-state index in [-0.39, 0.29) is 36.8 Å². The Bertz CT molecular complexity index is 992. The average molecular weight is 403 g/mol. The molecule has 0 radical (unpaired) electrons. The number of rotatable bonds is 8. The van der Waals surface area contributed by atoms with E-state index in [2.05, 4.69) is 15.0 Å². The van der Waals surface area contributed by atoms with Crippen molar-refractivity contribution in [3.63, 3.8) is 0 Å². The van der Waals surface area contributed by atoms with Crippen molar-refractivity contribution in [3.8, 4) is 12.0 Å². The zero-order valence-electron chi connectivity index (χ0n) is 15.6. The first-order valence-electron chi connectivity index (χ1n) is 8.51. The van der Waals surface area contributed by atoms with Gasteiger partial charge in [-0.3, -0.25) is 9.36 Å². The molecule has 0 fully saturated rings. The van der Waals surface area contributed by atoms with Crippen LogP contribution in [0.3, 0.4) is 0 Å². The molecule has 28 heavy (non-hydrogen) atoms. The largest absolute Gasteiger partial charge is 0.480 e. The van der Waals surface area contributed by atoms with E-state index in [1.807, 2.05) is 30.5 Å². The van der Waals surface area contributed by atoms with Crippen LogP contribution in [-0.4, -0.2) is 56.3 Å². The number of nitrogens with two attached hydrogens (primary N) is 1. The van der Waals surface area contributed by atoms with Crippen LogP contribution in [0.4, 0.5) is 5.82 Å². The molecular formula is C18H21N5O4S. The number of ether oxygens (including phenoxy) is 2. The van der Waals surface area contributed by atoms with E-state index in [1.54, 1.807) is 11.8 Å². The van der Waals surface area contributed by atoms with Crippen LogP contribution in [0, 0.1) is 0 Å². The van der Waals surface area contributed by atoms with E-state index in [1.165, 1.54) is 11.7 Å². The summed E-state index contributed by atoms with van der Waals surface area (Å²) in [6.07, 6.45) is 2.15. The number of anilines is 1. The van der Waals surface area contributed by atoms with E-state index < -0.39 is 0 Å². The monoisotopic (exact) mass is 403 g/mol. The van der Waals surface area contributed by atoms with Gasteiger partial charge in [0.25, 0.3) is 6.01 Å². The molecule has 0 spiro atoms. The third-order valence-electron chi connectivity index (χ3n) is 4.01. The predicted octanol–water partition coefficient (Wildman–Crippen LogP) is 1.62. The van der Waals surface area contributed by atoms with E-state index in [4.69, 9.17) is 15.2 Å². The second kappa shape index (κ2) is 8.79. The number of imidazole rings is 1. The van der Waals surface area contributed by atoms with Crippen molar-refractivity contribution in [2.75, 3.05) is 31.5 Å². The lowest BCUT2D eigenvalue weighted by Crippen LogP contribution is -2.08. The van der Waals surface area contributed by atoms with E-state index >= 15 is 0 Å². The van der Waals surface area contributed by atoms with Crippen molar-refractivity contribution in [1.29, 1.82) is 0 Å². The normalized spacial score (nSPS) is 10.9. The van der Waals surface area contributed by atoms with Crippen molar-refractivity contribution in [2.45, 2.75) is 13.0 Å². The molecule has 1 aromatic carbocycles. The molecule has 0 saturated carbocycles. The summed E-state index contributed by atoms with van der Waals surface area (Å²) in [5.74, 6) is 0.608. The Kier molecular flexibility index (Phi) is 6.19. The molecule has 0 aliphatic carbocycles. The number of methoxy groups -OCH3 is 1. The second-order valence-electron chi connectivity index (χ2n) is 5.98. The quantitative estimate of drug-likeness (QED) is 0.426. The van der Waals surface area contributed by atoms with Crippen molar-refractivity contribution >= 4 is 34.7 Å². The van der Waals surface area contributed by atoms with Crippen LogP contribution < -0.4 is 10.5 Å². The van der Waals surface area contributed by atoms with Gasteiger partial charge in [0, 0.05) is 5.75 Å². The third-order valence-corrected chi connectivity index (χ3v) is 4.58. The van der Waals surface area contributed by atoms with Crippen LogP contribution in [0.1, 0.15) is 11.1 Å². The molecule has 0 bridgehead atoms. The lowest BCUT2D eigenvalue weighted by molar-refractivity contribution is -0.139. The summed E-state index contributed by atoms with van der Waals surface area (Å²) >= 11 is 1.64. The van der Waals surface area contributed by atoms with Crippen molar-refractivity contribution in [2.24, 2.45) is 0 Å². The minimum atomic E-state index is -0.319. The number of aromatic nitrogens is 4. The van der Waals surface area contributed by atoms with Gasteiger partial charge in [-0.1, -0.05) is 24.3 Å². The number of hydrogen-bond acceptors (Lipinski definition) is 9. The Balaban J connectivity index is 1.91. The van der Waals surface area contributed by atoms with E-state index in [0.29, 0.717) is 17.8 Å². The summed E-state index contributed by atoms with van der Waals surface area (Å²) in [7, 11) is 1.35. The molecule has 0 aliphatic rings. The van der Waals surface area contributed by atoms with Crippen LogP contribution in [0.2, 0.25) is 0 Å². The van der Waals surface area contributed by atoms with Crippen LogP contribution in [0.25, 0.3) is 11.2 Å². The maximum Gasteiger partial charge on any atom is 0.320 e. The Morgan fingerprint density at radius 2 is 2.07 bits per heavy atom. The maximum atomic E-state index is 11.5. The predicted molar refractivity (Wildman–Crippen MR) is 107 cm³/mol. The van der Waals surface area contributed by atoms with Gasteiger partial charge in [-0.2, -0.15) is 26.7 Å². The van der Waals surface area contributed by atoms with Crippen LogP contribution in [0.15, 0.2) is 24.3 Å². The molecule has 3 rings (SSSR count). The Morgan fingerprint density at radius 3 is 2.82 bits per heavy atom. The lowest BCUT2D eigenvalue weighted by Gasteiger charge is -2.09. The van der Waals surface area contributed by atoms with Crippen molar-refractivity contribution in [1.82, 2.24) is 19.5 Å². The highest BCUT2D eigenvalue weighted by atomic mass is 32.2. The van der Waals surface area contributed by atoms with Crippen LogP contribution in [-0.2, 0) is 22.5 Å². The standard InChI is InChI=1S/C18H21N5O4S/c1-26-13(24)9-11-4-3-5-12(8-11)10-23-16-14(20-18(23)25)15(19)21-17(22-16)27-6-7-28-2/h3-5,8H,6-7,9-10H2,1-2H3,(H,20,25)(H2,19,21,22). The Morgan fingerprint density at radius 1 is 1.29 bits per heavy atom. The van der Waals surface area contributed by atoms with Gasteiger partial charge < -0.3 is 20.3 Å². The molecule has 2 aromatic heterocycles. The Labute approximate surface area is 165 Å². The van der Waals surface area contributed by atoms with Gasteiger partial charge in [0.1, 0.15) is 6.61 Å². The van der Waals surface area contributed by atoms with Gasteiger partial charge in [-0.15, -0.1) is 0 Å². The first kappa shape index (κ1) is 19.7. The highest BCUT2D eigenvalue weighted by Crippen LogP contribution is 2.26. The maximum absolute atomic E-state index is 11.5. The first-order valence-corrected chi connectivity index (χ1v) is 9.90. The molecule has 0 amide bonds. The fourth-order valence-electron chi connectivity index (χ4n) is 2.68. The highest BCUT2D eigenvalue weighted by Gasteiger charge is 2.17. The fourth-order valence-corrected chi connectivity index (χ4v) is 2.93. The molecule has 148 valence electrons. The molecule has 10 heteroatoms. The number of fused-ring (bicyclic) bond motifs is 1. The summed E-state index contributed by atoms with van der Waals surface area (Å²) < 4.78 is 11.8. The van der Waals surface area contributed by atoms with Gasteiger partial charge in [-0.05, 0) is 17.4 Å². The lowest BCUT2D eigenvalue weighted by atomic mass is 10.1. The molecule has 2 heterocycles. The third kappa shape index (κ3) is 4.45.